The van der Waals surface area contributed by atoms with Crippen LogP contribution in [0.1, 0.15) is 24.8 Å². The molecule has 1 aliphatic rings. The number of alkyl halides is 3. The number of halogens is 4. The Kier molecular flexibility index (Phi) is 4.40. The molecule has 0 spiro atoms. The van der Waals surface area contributed by atoms with E-state index in [2.05, 4.69) is 21.2 Å². The fourth-order valence-corrected chi connectivity index (χ4v) is 2.95. The summed E-state index contributed by atoms with van der Waals surface area (Å²) in [5.74, 6) is 0.254. The van der Waals surface area contributed by atoms with Crippen LogP contribution in [0.3, 0.4) is 0 Å². The molecule has 0 aliphatic heterocycles. The Morgan fingerprint density at radius 2 is 2.05 bits per heavy atom. The highest BCUT2D eigenvalue weighted by atomic mass is 79.9. The van der Waals surface area contributed by atoms with Gasteiger partial charge in [0.25, 0.3) is 0 Å². The lowest BCUT2D eigenvalue weighted by atomic mass is 10.0. The largest absolute Gasteiger partial charge is 0.418 e. The van der Waals surface area contributed by atoms with E-state index in [1.807, 2.05) is 0 Å². The predicted octanol–water partition coefficient (Wildman–Crippen LogP) is 4.01. The van der Waals surface area contributed by atoms with Gasteiger partial charge in [-0.15, -0.1) is 0 Å². The van der Waals surface area contributed by atoms with Crippen molar-refractivity contribution in [3.8, 4) is 0 Å². The number of nitrogens with one attached hydrogen (secondary N) is 1. The molecule has 0 amide bonds. The van der Waals surface area contributed by atoms with Gasteiger partial charge in [-0.1, -0.05) is 22.4 Å². The minimum absolute atomic E-state index is 0.0345. The van der Waals surface area contributed by atoms with Crippen molar-refractivity contribution in [2.75, 3.05) is 11.9 Å². The topological polar surface area (TPSA) is 38.0 Å². The van der Waals surface area contributed by atoms with E-state index < -0.39 is 11.7 Å². The molecule has 0 radical (unpaired) electrons. The minimum atomic E-state index is -4.36. The van der Waals surface area contributed by atoms with Crippen LogP contribution in [0.2, 0.25) is 0 Å². The molecule has 2 nitrogen and oxygen atoms in total. The zero-order chi connectivity index (χ0) is 14.0. The molecule has 1 aliphatic carbocycles. The summed E-state index contributed by atoms with van der Waals surface area (Å²) in [5.41, 5.74) is 5.16. The number of rotatable bonds is 3. The molecule has 19 heavy (non-hydrogen) atoms. The maximum absolute atomic E-state index is 13.0. The summed E-state index contributed by atoms with van der Waals surface area (Å²) in [5, 5.41) is 3.02. The molecule has 106 valence electrons. The molecule has 1 saturated carbocycles. The first kappa shape index (κ1) is 14.7. The smallest absolute Gasteiger partial charge is 0.381 e. The molecule has 0 heterocycles. The third-order valence-electron chi connectivity index (χ3n) is 3.59. The monoisotopic (exact) mass is 336 g/mol. The SMILES string of the molecule is NCC1CCCC1Nc1ccc(Br)cc1C(F)(F)F. The fourth-order valence-electron chi connectivity index (χ4n) is 2.59. The molecular weight excluding hydrogens is 321 g/mol. The molecular formula is C13H16BrF3N2. The van der Waals surface area contributed by atoms with E-state index in [0.29, 0.717) is 11.0 Å². The Morgan fingerprint density at radius 3 is 2.68 bits per heavy atom. The van der Waals surface area contributed by atoms with Crippen LogP contribution >= 0.6 is 15.9 Å². The van der Waals surface area contributed by atoms with Crippen LogP contribution < -0.4 is 11.1 Å². The standard InChI is InChI=1S/C13H16BrF3N2/c14-9-4-5-12(10(6-9)13(15,16)17)19-11-3-1-2-8(11)7-18/h4-6,8,11,19H,1-3,7,18H2. The third-order valence-corrected chi connectivity index (χ3v) is 4.08. The van der Waals surface area contributed by atoms with Gasteiger partial charge in [-0.2, -0.15) is 13.2 Å². The minimum Gasteiger partial charge on any atom is -0.381 e. The first-order valence-corrected chi connectivity index (χ1v) is 7.04. The van der Waals surface area contributed by atoms with Gasteiger partial charge in [0.1, 0.15) is 0 Å². The van der Waals surface area contributed by atoms with Gasteiger partial charge in [-0.05, 0) is 43.5 Å². The van der Waals surface area contributed by atoms with E-state index >= 15 is 0 Å². The summed E-state index contributed by atoms with van der Waals surface area (Å²) < 4.78 is 39.4. The Hall–Kier alpha value is -0.750. The van der Waals surface area contributed by atoms with E-state index in [1.54, 1.807) is 6.07 Å². The lowest BCUT2D eigenvalue weighted by Gasteiger charge is -2.23. The number of nitrogens with two attached hydrogens (primary N) is 1. The molecule has 2 atom stereocenters. The summed E-state index contributed by atoms with van der Waals surface area (Å²) >= 11 is 3.08. The number of hydrogen-bond donors (Lipinski definition) is 2. The highest BCUT2D eigenvalue weighted by Gasteiger charge is 2.35. The second kappa shape index (κ2) is 5.71. The molecule has 6 heteroatoms. The van der Waals surface area contributed by atoms with Crippen molar-refractivity contribution in [1.82, 2.24) is 0 Å². The van der Waals surface area contributed by atoms with Crippen molar-refractivity contribution < 1.29 is 13.2 Å². The average Bonchev–Trinajstić information content (AvgIpc) is 2.77. The Balaban J connectivity index is 2.25. The van der Waals surface area contributed by atoms with Gasteiger partial charge in [-0.3, -0.25) is 0 Å². The number of anilines is 1. The first-order chi connectivity index (χ1) is 8.91. The summed E-state index contributed by atoms with van der Waals surface area (Å²) in [4.78, 5) is 0. The van der Waals surface area contributed by atoms with Crippen LogP contribution in [0.15, 0.2) is 22.7 Å². The molecule has 0 saturated heterocycles. The van der Waals surface area contributed by atoms with Gasteiger partial charge in [0.05, 0.1) is 5.56 Å². The second-order valence-electron chi connectivity index (χ2n) is 4.87. The van der Waals surface area contributed by atoms with Crippen LogP contribution in [0.4, 0.5) is 18.9 Å². The molecule has 3 N–H and O–H groups in total. The van der Waals surface area contributed by atoms with E-state index in [-0.39, 0.29) is 17.6 Å². The Bertz CT molecular complexity index is 448. The highest BCUT2D eigenvalue weighted by Crippen LogP contribution is 2.38. The van der Waals surface area contributed by atoms with Crippen molar-refractivity contribution in [3.05, 3.63) is 28.2 Å². The molecule has 1 fully saturated rings. The summed E-state index contributed by atoms with van der Waals surface area (Å²) in [6, 6.07) is 4.23. The molecule has 0 aromatic heterocycles. The second-order valence-corrected chi connectivity index (χ2v) is 5.78. The van der Waals surface area contributed by atoms with E-state index in [4.69, 9.17) is 5.73 Å². The van der Waals surface area contributed by atoms with Crippen molar-refractivity contribution in [2.45, 2.75) is 31.5 Å². The van der Waals surface area contributed by atoms with Crippen LogP contribution in [0, 0.1) is 5.92 Å². The molecule has 1 aromatic rings. The van der Waals surface area contributed by atoms with E-state index in [9.17, 15) is 13.2 Å². The predicted molar refractivity (Wildman–Crippen MR) is 73.0 cm³/mol. The molecule has 2 unspecified atom stereocenters. The average molecular weight is 337 g/mol. The van der Waals surface area contributed by atoms with Gasteiger partial charge in [0, 0.05) is 16.2 Å². The zero-order valence-electron chi connectivity index (χ0n) is 10.3. The lowest BCUT2D eigenvalue weighted by Crippen LogP contribution is -2.30. The van der Waals surface area contributed by atoms with Gasteiger partial charge >= 0.3 is 6.18 Å². The number of hydrogen-bond acceptors (Lipinski definition) is 2. The Labute approximate surface area is 118 Å². The first-order valence-electron chi connectivity index (χ1n) is 6.25. The molecule has 1 aromatic carbocycles. The van der Waals surface area contributed by atoms with Crippen LogP contribution in [0.5, 0.6) is 0 Å². The normalized spacial score (nSPS) is 23.6. The highest BCUT2D eigenvalue weighted by molar-refractivity contribution is 9.10. The fraction of sp³-hybridized carbons (Fsp3) is 0.538. The van der Waals surface area contributed by atoms with Crippen molar-refractivity contribution in [2.24, 2.45) is 11.7 Å². The lowest BCUT2D eigenvalue weighted by molar-refractivity contribution is -0.137. The van der Waals surface area contributed by atoms with Crippen LogP contribution in [-0.4, -0.2) is 12.6 Å². The van der Waals surface area contributed by atoms with Gasteiger partial charge in [0.15, 0.2) is 0 Å². The van der Waals surface area contributed by atoms with Gasteiger partial charge in [0.2, 0.25) is 0 Å². The molecule has 0 bridgehead atoms. The third kappa shape index (κ3) is 3.42. The maximum atomic E-state index is 13.0. The summed E-state index contributed by atoms with van der Waals surface area (Å²) in [6.07, 6.45) is -1.50. The molecule has 2 rings (SSSR count). The zero-order valence-corrected chi connectivity index (χ0v) is 11.9. The van der Waals surface area contributed by atoms with Gasteiger partial charge in [-0.25, -0.2) is 0 Å². The summed E-state index contributed by atoms with van der Waals surface area (Å²) in [7, 11) is 0. The Morgan fingerprint density at radius 1 is 1.32 bits per heavy atom. The summed E-state index contributed by atoms with van der Waals surface area (Å²) in [6.45, 7) is 0.509. The van der Waals surface area contributed by atoms with Gasteiger partial charge < -0.3 is 11.1 Å². The van der Waals surface area contributed by atoms with Crippen LogP contribution in [0.25, 0.3) is 0 Å². The van der Waals surface area contributed by atoms with Crippen LogP contribution in [-0.2, 0) is 6.18 Å². The van der Waals surface area contributed by atoms with Crippen molar-refractivity contribution in [1.29, 1.82) is 0 Å². The van der Waals surface area contributed by atoms with E-state index in [1.165, 1.54) is 6.07 Å². The van der Waals surface area contributed by atoms with Crippen molar-refractivity contribution in [3.63, 3.8) is 0 Å². The quantitative estimate of drug-likeness (QED) is 0.875. The number of benzene rings is 1. The van der Waals surface area contributed by atoms with E-state index in [0.717, 1.165) is 25.3 Å². The van der Waals surface area contributed by atoms with Crippen molar-refractivity contribution >= 4 is 21.6 Å². The maximum Gasteiger partial charge on any atom is 0.418 e.